The number of aromatic nitrogens is 1. The van der Waals surface area contributed by atoms with Gasteiger partial charge in [0.05, 0.1) is 5.02 Å². The maximum absolute atomic E-state index is 12.6. The van der Waals surface area contributed by atoms with E-state index in [1.807, 2.05) is 12.1 Å². The molecule has 3 heterocycles. The van der Waals surface area contributed by atoms with Crippen LogP contribution in [0.5, 0.6) is 11.5 Å². The molecule has 0 unspecified atom stereocenters. The highest BCUT2D eigenvalue weighted by Gasteiger charge is 2.29. The molecule has 9 heteroatoms. The lowest BCUT2D eigenvalue weighted by molar-refractivity contribution is 0.173. The number of benzene rings is 1. The Balaban J connectivity index is 1.41. The van der Waals surface area contributed by atoms with Gasteiger partial charge in [-0.25, -0.2) is 8.42 Å². The predicted octanol–water partition coefficient (Wildman–Crippen LogP) is 1.97. The zero-order chi connectivity index (χ0) is 18.1. The molecule has 0 bridgehead atoms. The number of rotatable bonds is 4. The zero-order valence-corrected chi connectivity index (χ0v) is 15.5. The van der Waals surface area contributed by atoms with Crippen LogP contribution in [0.15, 0.2) is 41.6 Å². The van der Waals surface area contributed by atoms with Crippen molar-refractivity contribution in [2.24, 2.45) is 0 Å². The van der Waals surface area contributed by atoms with E-state index >= 15 is 0 Å². The molecule has 2 aromatic rings. The number of pyridine rings is 1. The van der Waals surface area contributed by atoms with Gasteiger partial charge < -0.3 is 9.47 Å². The van der Waals surface area contributed by atoms with Crippen molar-refractivity contribution < 1.29 is 17.9 Å². The first kappa shape index (κ1) is 17.5. The fraction of sp³-hybridized carbons (Fsp3) is 0.353. The molecule has 1 aromatic carbocycles. The Morgan fingerprint density at radius 2 is 1.96 bits per heavy atom. The van der Waals surface area contributed by atoms with Crippen LogP contribution >= 0.6 is 11.6 Å². The molecular formula is C17H18ClN3O4S. The molecule has 0 radical (unpaired) electrons. The Hall–Kier alpha value is -1.87. The Morgan fingerprint density at radius 1 is 1.15 bits per heavy atom. The second-order valence-corrected chi connectivity index (χ2v) is 8.53. The van der Waals surface area contributed by atoms with Crippen molar-refractivity contribution in [3.05, 3.63) is 47.2 Å². The van der Waals surface area contributed by atoms with Gasteiger partial charge in [0.1, 0.15) is 4.90 Å². The summed E-state index contributed by atoms with van der Waals surface area (Å²) < 4.78 is 37.5. The third kappa shape index (κ3) is 3.37. The number of hydrogen-bond donors (Lipinski definition) is 0. The quantitative estimate of drug-likeness (QED) is 0.788. The minimum absolute atomic E-state index is 0.184. The lowest BCUT2D eigenvalue weighted by Gasteiger charge is -2.34. The lowest BCUT2D eigenvalue weighted by atomic mass is 10.1. The third-order valence-corrected chi connectivity index (χ3v) is 6.66. The molecule has 0 atom stereocenters. The molecule has 26 heavy (non-hydrogen) atoms. The van der Waals surface area contributed by atoms with Gasteiger partial charge in [-0.2, -0.15) is 4.31 Å². The molecule has 0 aliphatic carbocycles. The summed E-state index contributed by atoms with van der Waals surface area (Å²) >= 11 is 6.23. The average molecular weight is 396 g/mol. The van der Waals surface area contributed by atoms with Gasteiger partial charge in [0.15, 0.2) is 11.5 Å². The first-order chi connectivity index (χ1) is 12.5. The molecule has 7 nitrogen and oxygen atoms in total. The predicted molar refractivity (Wildman–Crippen MR) is 95.8 cm³/mol. The van der Waals surface area contributed by atoms with E-state index in [4.69, 9.17) is 21.1 Å². The van der Waals surface area contributed by atoms with Crippen LogP contribution in [0, 0.1) is 0 Å². The Bertz CT molecular complexity index is 900. The number of ether oxygens (including phenoxy) is 2. The van der Waals surface area contributed by atoms with Crippen molar-refractivity contribution >= 4 is 21.6 Å². The molecule has 0 saturated carbocycles. The van der Waals surface area contributed by atoms with Gasteiger partial charge in [0.2, 0.25) is 16.8 Å². The highest BCUT2D eigenvalue weighted by molar-refractivity contribution is 7.89. The van der Waals surface area contributed by atoms with Crippen molar-refractivity contribution in [2.75, 3.05) is 33.0 Å². The van der Waals surface area contributed by atoms with Crippen LogP contribution in [-0.2, 0) is 16.6 Å². The summed E-state index contributed by atoms with van der Waals surface area (Å²) in [5, 5.41) is 0.535. The average Bonchev–Trinajstić information content (AvgIpc) is 3.12. The molecule has 0 N–H and O–H groups in total. The van der Waals surface area contributed by atoms with Gasteiger partial charge in [-0.15, -0.1) is 0 Å². The lowest BCUT2D eigenvalue weighted by Crippen LogP contribution is -2.48. The maximum atomic E-state index is 12.6. The van der Waals surface area contributed by atoms with Gasteiger partial charge >= 0.3 is 0 Å². The van der Waals surface area contributed by atoms with E-state index in [1.54, 1.807) is 18.3 Å². The molecule has 1 aromatic heterocycles. The second-order valence-electron chi connectivity index (χ2n) is 6.18. The third-order valence-electron chi connectivity index (χ3n) is 4.50. The van der Waals surface area contributed by atoms with E-state index in [1.165, 1.54) is 10.5 Å². The number of piperazine rings is 1. The van der Waals surface area contributed by atoms with Crippen molar-refractivity contribution in [3.8, 4) is 11.5 Å². The van der Waals surface area contributed by atoms with E-state index in [0.29, 0.717) is 49.2 Å². The molecular weight excluding hydrogens is 378 g/mol. The van der Waals surface area contributed by atoms with Crippen molar-refractivity contribution in [2.45, 2.75) is 11.4 Å². The smallest absolute Gasteiger partial charge is 0.244 e. The van der Waals surface area contributed by atoms with Crippen LogP contribution in [0.25, 0.3) is 0 Å². The number of hydrogen-bond acceptors (Lipinski definition) is 6. The van der Waals surface area contributed by atoms with Gasteiger partial charge in [-0.3, -0.25) is 9.88 Å². The van der Waals surface area contributed by atoms with Crippen LogP contribution in [0.3, 0.4) is 0 Å². The standard InChI is InChI=1S/C17H18ClN3O4S/c18-15-8-13(9-16-17(15)25-12-24-16)11-20-4-6-21(7-5-20)26(22,23)14-2-1-3-19-10-14/h1-3,8-10H,4-7,11-12H2. The fourth-order valence-corrected chi connectivity index (χ4v) is 4.82. The molecule has 0 amide bonds. The minimum atomic E-state index is -3.49. The zero-order valence-electron chi connectivity index (χ0n) is 14.0. The van der Waals surface area contributed by atoms with E-state index in [0.717, 1.165) is 5.56 Å². The van der Waals surface area contributed by atoms with Crippen LogP contribution in [0.2, 0.25) is 5.02 Å². The maximum Gasteiger partial charge on any atom is 0.244 e. The van der Waals surface area contributed by atoms with Crippen LogP contribution in [0.1, 0.15) is 5.56 Å². The van der Waals surface area contributed by atoms with Crippen LogP contribution < -0.4 is 9.47 Å². The number of fused-ring (bicyclic) bond motifs is 1. The van der Waals surface area contributed by atoms with Gasteiger partial charge in [-0.1, -0.05) is 11.6 Å². The fourth-order valence-electron chi connectivity index (χ4n) is 3.15. The molecule has 2 aliphatic rings. The summed E-state index contributed by atoms with van der Waals surface area (Å²) in [4.78, 5) is 6.33. The molecule has 4 rings (SSSR count). The van der Waals surface area contributed by atoms with Gasteiger partial charge in [0.25, 0.3) is 0 Å². The van der Waals surface area contributed by atoms with E-state index in [9.17, 15) is 8.42 Å². The van der Waals surface area contributed by atoms with Crippen LogP contribution in [-0.4, -0.2) is 55.6 Å². The summed E-state index contributed by atoms with van der Waals surface area (Å²) in [6.45, 7) is 3.03. The van der Waals surface area contributed by atoms with E-state index in [-0.39, 0.29) is 11.7 Å². The summed E-state index contributed by atoms with van der Waals surface area (Å²) in [7, 11) is -3.49. The summed E-state index contributed by atoms with van der Waals surface area (Å²) in [5.41, 5.74) is 1.02. The minimum Gasteiger partial charge on any atom is -0.454 e. The van der Waals surface area contributed by atoms with Crippen molar-refractivity contribution in [1.82, 2.24) is 14.2 Å². The van der Waals surface area contributed by atoms with Crippen molar-refractivity contribution in [1.29, 1.82) is 0 Å². The highest BCUT2D eigenvalue weighted by atomic mass is 35.5. The number of halogens is 1. The van der Waals surface area contributed by atoms with Crippen molar-refractivity contribution in [3.63, 3.8) is 0 Å². The van der Waals surface area contributed by atoms with Gasteiger partial charge in [-0.05, 0) is 29.8 Å². The Labute approximate surface area is 157 Å². The topological polar surface area (TPSA) is 72.0 Å². The number of sulfonamides is 1. The summed E-state index contributed by atoms with van der Waals surface area (Å²) in [5.74, 6) is 1.24. The molecule has 2 aliphatic heterocycles. The Morgan fingerprint density at radius 3 is 2.69 bits per heavy atom. The normalized spacial score (nSPS) is 18.2. The Kier molecular flexibility index (Phi) is 4.74. The molecule has 138 valence electrons. The first-order valence-electron chi connectivity index (χ1n) is 8.24. The SMILES string of the molecule is O=S(=O)(c1cccnc1)N1CCN(Cc2cc(Cl)c3c(c2)OCO3)CC1. The van der Waals surface area contributed by atoms with Gasteiger partial charge in [0, 0.05) is 45.1 Å². The first-order valence-corrected chi connectivity index (χ1v) is 10.1. The summed E-state index contributed by atoms with van der Waals surface area (Å²) in [6.07, 6.45) is 2.95. The summed E-state index contributed by atoms with van der Waals surface area (Å²) in [6, 6.07) is 7.00. The highest BCUT2D eigenvalue weighted by Crippen LogP contribution is 2.40. The largest absolute Gasteiger partial charge is 0.454 e. The molecule has 0 spiro atoms. The number of nitrogens with zero attached hydrogens (tertiary/aromatic N) is 3. The molecule has 1 fully saturated rings. The molecule has 1 saturated heterocycles. The monoisotopic (exact) mass is 395 g/mol. The van der Waals surface area contributed by atoms with E-state index < -0.39 is 10.0 Å². The second kappa shape index (κ2) is 7.03. The van der Waals surface area contributed by atoms with E-state index in [2.05, 4.69) is 9.88 Å². The van der Waals surface area contributed by atoms with Crippen LogP contribution in [0.4, 0.5) is 0 Å².